The van der Waals surface area contributed by atoms with E-state index < -0.39 is 6.04 Å². The molecule has 0 aliphatic heterocycles. The van der Waals surface area contributed by atoms with Crippen LogP contribution in [0.5, 0.6) is 11.5 Å². The number of rotatable bonds is 8. The summed E-state index contributed by atoms with van der Waals surface area (Å²) in [6, 6.07) is 4.96. The van der Waals surface area contributed by atoms with Crippen molar-refractivity contribution < 1.29 is 14.3 Å². The highest BCUT2D eigenvalue weighted by Crippen LogP contribution is 2.35. The maximum atomic E-state index is 12.1. The first-order valence-electron chi connectivity index (χ1n) is 7.32. The lowest BCUT2D eigenvalue weighted by molar-refractivity contribution is -0.117. The number of carbonyl (C=O) groups excluding carboxylic acids is 1. The Morgan fingerprint density at radius 2 is 2.21 bits per heavy atom. The van der Waals surface area contributed by atoms with Crippen LogP contribution < -0.4 is 20.5 Å². The quantitative estimate of drug-likeness (QED) is 0.746. The minimum atomic E-state index is -0.531. The molecule has 1 atom stereocenters. The van der Waals surface area contributed by atoms with Gasteiger partial charge in [0.15, 0.2) is 5.13 Å². The second-order valence-corrected chi connectivity index (χ2v) is 6.83. The molecule has 1 unspecified atom stereocenters. The van der Waals surface area contributed by atoms with E-state index in [0.29, 0.717) is 28.7 Å². The average molecular weight is 367 g/mol. The van der Waals surface area contributed by atoms with Crippen molar-refractivity contribution in [3.63, 3.8) is 0 Å². The van der Waals surface area contributed by atoms with Crippen molar-refractivity contribution in [2.75, 3.05) is 31.5 Å². The van der Waals surface area contributed by atoms with Gasteiger partial charge in [0, 0.05) is 10.9 Å². The lowest BCUT2D eigenvalue weighted by atomic mass is 10.1. The number of hydrogen-bond donors (Lipinski definition) is 2. The zero-order valence-electron chi connectivity index (χ0n) is 13.9. The Bertz CT molecular complexity index is 691. The van der Waals surface area contributed by atoms with E-state index >= 15 is 0 Å². The van der Waals surface area contributed by atoms with Gasteiger partial charge in [-0.15, -0.1) is 11.3 Å². The SMILES string of the molecule is COc1ccc(OC)c(-c2csc(NC(=O)C(N)CCSC)n2)c1. The Morgan fingerprint density at radius 3 is 2.88 bits per heavy atom. The Balaban J connectivity index is 2.14. The predicted molar refractivity (Wildman–Crippen MR) is 100 cm³/mol. The van der Waals surface area contributed by atoms with Crippen LogP contribution in [0.1, 0.15) is 6.42 Å². The summed E-state index contributed by atoms with van der Waals surface area (Å²) in [7, 11) is 3.21. The monoisotopic (exact) mass is 367 g/mol. The molecule has 3 N–H and O–H groups in total. The molecule has 1 aromatic heterocycles. The molecule has 24 heavy (non-hydrogen) atoms. The van der Waals surface area contributed by atoms with Gasteiger partial charge in [-0.3, -0.25) is 4.79 Å². The largest absolute Gasteiger partial charge is 0.497 e. The van der Waals surface area contributed by atoms with Crippen LogP contribution in [0.25, 0.3) is 11.3 Å². The van der Waals surface area contributed by atoms with Crippen molar-refractivity contribution in [2.24, 2.45) is 5.73 Å². The molecule has 6 nitrogen and oxygen atoms in total. The van der Waals surface area contributed by atoms with Gasteiger partial charge < -0.3 is 20.5 Å². The van der Waals surface area contributed by atoms with Crippen LogP contribution in [0.2, 0.25) is 0 Å². The first kappa shape index (κ1) is 18.6. The van der Waals surface area contributed by atoms with E-state index in [-0.39, 0.29) is 5.91 Å². The first-order chi connectivity index (χ1) is 11.6. The fraction of sp³-hybridized carbons (Fsp3) is 0.375. The molecule has 0 saturated heterocycles. The van der Waals surface area contributed by atoms with E-state index in [1.165, 1.54) is 11.3 Å². The van der Waals surface area contributed by atoms with E-state index in [2.05, 4.69) is 10.3 Å². The smallest absolute Gasteiger partial charge is 0.243 e. The summed E-state index contributed by atoms with van der Waals surface area (Å²) in [6.45, 7) is 0. The summed E-state index contributed by atoms with van der Waals surface area (Å²) >= 11 is 3.01. The molecule has 130 valence electrons. The third-order valence-electron chi connectivity index (χ3n) is 3.39. The second-order valence-electron chi connectivity index (χ2n) is 4.98. The number of nitrogens with one attached hydrogen (secondary N) is 1. The highest BCUT2D eigenvalue weighted by Gasteiger charge is 2.16. The molecule has 1 amide bonds. The molecule has 0 radical (unpaired) electrons. The molecule has 0 aliphatic rings. The standard InChI is InChI=1S/C16H21N3O3S2/c1-21-10-4-5-14(22-2)11(8-10)13-9-24-16(18-13)19-15(20)12(17)6-7-23-3/h4-5,8-9,12H,6-7,17H2,1-3H3,(H,18,19,20). The van der Waals surface area contributed by atoms with Crippen molar-refractivity contribution >= 4 is 34.1 Å². The Hall–Kier alpha value is -1.77. The number of amides is 1. The van der Waals surface area contributed by atoms with Gasteiger partial charge in [0.25, 0.3) is 0 Å². The average Bonchev–Trinajstić information content (AvgIpc) is 3.07. The number of ether oxygens (including phenoxy) is 2. The Labute approximate surface area is 149 Å². The van der Waals surface area contributed by atoms with Gasteiger partial charge in [-0.2, -0.15) is 11.8 Å². The number of anilines is 1. The third kappa shape index (κ3) is 4.62. The molecule has 0 bridgehead atoms. The van der Waals surface area contributed by atoms with Gasteiger partial charge >= 0.3 is 0 Å². The summed E-state index contributed by atoms with van der Waals surface area (Å²) in [4.78, 5) is 16.5. The van der Waals surface area contributed by atoms with Crippen LogP contribution in [0.3, 0.4) is 0 Å². The van der Waals surface area contributed by atoms with Gasteiger partial charge in [0.1, 0.15) is 11.5 Å². The van der Waals surface area contributed by atoms with Crippen LogP contribution in [0.4, 0.5) is 5.13 Å². The Morgan fingerprint density at radius 1 is 1.42 bits per heavy atom. The van der Waals surface area contributed by atoms with Gasteiger partial charge in [-0.05, 0) is 36.6 Å². The van der Waals surface area contributed by atoms with Gasteiger partial charge in [0.05, 0.1) is 26.0 Å². The molecular weight excluding hydrogens is 346 g/mol. The van der Waals surface area contributed by atoms with Gasteiger partial charge in [0.2, 0.25) is 5.91 Å². The molecule has 2 rings (SSSR count). The van der Waals surface area contributed by atoms with Crippen LogP contribution >= 0.6 is 23.1 Å². The van der Waals surface area contributed by atoms with Crippen molar-refractivity contribution in [3.05, 3.63) is 23.6 Å². The number of thiazole rings is 1. The van der Waals surface area contributed by atoms with Crippen LogP contribution in [-0.4, -0.2) is 43.2 Å². The van der Waals surface area contributed by atoms with E-state index in [9.17, 15) is 4.79 Å². The summed E-state index contributed by atoms with van der Waals surface area (Å²) in [5.41, 5.74) is 7.39. The topological polar surface area (TPSA) is 86.5 Å². The molecule has 0 spiro atoms. The van der Waals surface area contributed by atoms with Crippen molar-refractivity contribution in [2.45, 2.75) is 12.5 Å². The third-order valence-corrected chi connectivity index (χ3v) is 4.79. The molecule has 2 aromatic rings. The molecule has 0 aliphatic carbocycles. The lowest BCUT2D eigenvalue weighted by Crippen LogP contribution is -2.36. The number of carbonyl (C=O) groups is 1. The summed E-state index contributed by atoms with van der Waals surface area (Å²) in [6.07, 6.45) is 2.62. The maximum Gasteiger partial charge on any atom is 0.243 e. The highest BCUT2D eigenvalue weighted by molar-refractivity contribution is 7.98. The molecular formula is C16H21N3O3S2. The zero-order chi connectivity index (χ0) is 17.5. The summed E-state index contributed by atoms with van der Waals surface area (Å²) in [5, 5.41) is 5.14. The van der Waals surface area contributed by atoms with E-state index in [1.54, 1.807) is 26.0 Å². The highest BCUT2D eigenvalue weighted by atomic mass is 32.2. The fourth-order valence-electron chi connectivity index (χ4n) is 2.04. The van der Waals surface area contributed by atoms with Crippen LogP contribution in [0.15, 0.2) is 23.6 Å². The number of methoxy groups -OCH3 is 2. The number of benzene rings is 1. The van der Waals surface area contributed by atoms with E-state index in [4.69, 9.17) is 15.2 Å². The molecule has 0 saturated carbocycles. The fourth-order valence-corrected chi connectivity index (χ4v) is 3.25. The molecule has 8 heteroatoms. The van der Waals surface area contributed by atoms with Crippen LogP contribution in [0, 0.1) is 0 Å². The summed E-state index contributed by atoms with van der Waals surface area (Å²) < 4.78 is 10.6. The number of aromatic nitrogens is 1. The minimum Gasteiger partial charge on any atom is -0.497 e. The molecule has 1 aromatic carbocycles. The van der Waals surface area contributed by atoms with E-state index in [0.717, 1.165) is 11.3 Å². The molecule has 1 heterocycles. The summed E-state index contributed by atoms with van der Waals surface area (Å²) in [5.74, 6) is 2.03. The van der Waals surface area contributed by atoms with Gasteiger partial charge in [-0.1, -0.05) is 0 Å². The normalized spacial score (nSPS) is 11.8. The van der Waals surface area contributed by atoms with Crippen LogP contribution in [-0.2, 0) is 4.79 Å². The van der Waals surface area contributed by atoms with Crippen molar-refractivity contribution in [3.8, 4) is 22.8 Å². The minimum absolute atomic E-state index is 0.220. The van der Waals surface area contributed by atoms with Gasteiger partial charge in [-0.25, -0.2) is 4.98 Å². The molecule has 0 fully saturated rings. The number of nitrogens with two attached hydrogens (primary N) is 1. The first-order valence-corrected chi connectivity index (χ1v) is 9.59. The Kier molecular flexibility index (Phi) is 6.89. The van der Waals surface area contributed by atoms with Crippen molar-refractivity contribution in [1.29, 1.82) is 0 Å². The number of nitrogens with zero attached hydrogens (tertiary/aromatic N) is 1. The lowest BCUT2D eigenvalue weighted by Gasteiger charge is -2.10. The number of hydrogen-bond acceptors (Lipinski definition) is 7. The maximum absolute atomic E-state index is 12.1. The number of thioether (sulfide) groups is 1. The van der Waals surface area contributed by atoms with Crippen molar-refractivity contribution in [1.82, 2.24) is 4.98 Å². The second kappa shape index (κ2) is 8.91. The zero-order valence-corrected chi connectivity index (χ0v) is 15.5. The predicted octanol–water partition coefficient (Wildman–Crippen LogP) is 2.85. The van der Waals surface area contributed by atoms with E-state index in [1.807, 2.05) is 29.8 Å².